The third kappa shape index (κ3) is 3.73. The minimum atomic E-state index is 0.0110. The van der Waals surface area contributed by atoms with Gasteiger partial charge in [-0.1, -0.05) is 0 Å². The summed E-state index contributed by atoms with van der Waals surface area (Å²) in [5.74, 6) is 0.706. The lowest BCUT2D eigenvalue weighted by molar-refractivity contribution is -0.137. The first kappa shape index (κ1) is 15.8. The molecule has 0 atom stereocenters. The number of amides is 2. The van der Waals surface area contributed by atoms with Crippen molar-refractivity contribution in [2.75, 3.05) is 44.7 Å². The van der Waals surface area contributed by atoms with Crippen molar-refractivity contribution in [3.63, 3.8) is 0 Å². The van der Waals surface area contributed by atoms with Crippen molar-refractivity contribution < 1.29 is 9.59 Å². The van der Waals surface area contributed by atoms with Crippen LogP contribution in [0.15, 0.2) is 18.3 Å². The number of likely N-dealkylation sites (N-methyl/N-ethyl adjacent to an activating group) is 1. The highest BCUT2D eigenvalue weighted by Gasteiger charge is 2.23. The van der Waals surface area contributed by atoms with E-state index in [1.807, 2.05) is 6.07 Å². The maximum absolute atomic E-state index is 12.3. The van der Waals surface area contributed by atoms with Gasteiger partial charge in [0.25, 0.3) is 0 Å². The highest BCUT2D eigenvalue weighted by molar-refractivity contribution is 5.81. The van der Waals surface area contributed by atoms with Crippen LogP contribution in [0.25, 0.3) is 0 Å². The molecule has 0 spiro atoms. The fraction of sp³-hybridized carbons (Fsp3) is 0.467. The average molecular weight is 301 g/mol. The van der Waals surface area contributed by atoms with E-state index in [1.165, 1.54) is 6.20 Å². The van der Waals surface area contributed by atoms with Crippen molar-refractivity contribution in [1.29, 1.82) is 5.26 Å². The van der Waals surface area contributed by atoms with Crippen LogP contribution in [0.3, 0.4) is 0 Å². The van der Waals surface area contributed by atoms with Gasteiger partial charge in [-0.25, -0.2) is 4.98 Å². The summed E-state index contributed by atoms with van der Waals surface area (Å²) in [5.41, 5.74) is 0.490. The Morgan fingerprint density at radius 2 is 1.91 bits per heavy atom. The highest BCUT2D eigenvalue weighted by atomic mass is 16.2. The van der Waals surface area contributed by atoms with E-state index < -0.39 is 0 Å². The molecule has 2 heterocycles. The largest absolute Gasteiger partial charge is 0.350 e. The summed E-state index contributed by atoms with van der Waals surface area (Å²) in [7, 11) is 1.79. The zero-order valence-electron chi connectivity index (χ0n) is 12.8. The molecular formula is C15H19N5O2. The Morgan fingerprint density at radius 1 is 1.27 bits per heavy atom. The Labute approximate surface area is 129 Å². The number of hydrogen-bond donors (Lipinski definition) is 0. The van der Waals surface area contributed by atoms with Crippen LogP contribution >= 0.6 is 0 Å². The lowest BCUT2D eigenvalue weighted by atomic mass is 10.3. The van der Waals surface area contributed by atoms with Crippen molar-refractivity contribution in [3.8, 4) is 6.07 Å². The van der Waals surface area contributed by atoms with E-state index >= 15 is 0 Å². The van der Waals surface area contributed by atoms with E-state index in [4.69, 9.17) is 5.26 Å². The number of nitrogens with zero attached hydrogens (tertiary/aromatic N) is 5. The minimum Gasteiger partial charge on any atom is -0.350 e. The summed E-state index contributed by atoms with van der Waals surface area (Å²) in [6, 6.07) is 5.41. The molecule has 1 aliphatic rings. The number of pyridine rings is 1. The van der Waals surface area contributed by atoms with Crippen LogP contribution in [0.1, 0.15) is 12.5 Å². The molecule has 0 unspecified atom stereocenters. The number of anilines is 1. The van der Waals surface area contributed by atoms with Crippen molar-refractivity contribution >= 4 is 17.6 Å². The van der Waals surface area contributed by atoms with Crippen molar-refractivity contribution in [2.24, 2.45) is 0 Å². The van der Waals surface area contributed by atoms with Crippen LogP contribution in [0.5, 0.6) is 0 Å². The fourth-order valence-corrected chi connectivity index (χ4v) is 2.33. The topological polar surface area (TPSA) is 80.5 Å². The molecule has 1 saturated heterocycles. The minimum absolute atomic E-state index is 0.0110. The van der Waals surface area contributed by atoms with Crippen molar-refractivity contribution in [2.45, 2.75) is 6.92 Å². The van der Waals surface area contributed by atoms with Gasteiger partial charge in [-0.2, -0.15) is 5.26 Å². The lowest BCUT2D eigenvalue weighted by Gasteiger charge is -2.35. The summed E-state index contributed by atoms with van der Waals surface area (Å²) < 4.78 is 0. The molecule has 1 aromatic rings. The number of carbonyl (C=O) groups is 2. The van der Waals surface area contributed by atoms with Gasteiger partial charge in [0.05, 0.1) is 12.1 Å². The molecule has 7 nitrogen and oxygen atoms in total. The summed E-state index contributed by atoms with van der Waals surface area (Å²) in [6.45, 7) is 4.06. The molecule has 0 aliphatic carbocycles. The molecule has 2 amide bonds. The van der Waals surface area contributed by atoms with Gasteiger partial charge in [0, 0.05) is 46.3 Å². The fourth-order valence-electron chi connectivity index (χ4n) is 2.33. The van der Waals surface area contributed by atoms with E-state index in [9.17, 15) is 9.59 Å². The first-order valence-corrected chi connectivity index (χ1v) is 7.12. The summed E-state index contributed by atoms with van der Waals surface area (Å²) in [6.07, 6.45) is 1.49. The SMILES string of the molecule is CC(=O)N1CCN(C(=O)CN(C)c2ccc(C#N)cn2)CC1. The number of hydrogen-bond acceptors (Lipinski definition) is 5. The molecular weight excluding hydrogens is 282 g/mol. The van der Waals surface area contributed by atoms with Crippen molar-refractivity contribution in [3.05, 3.63) is 23.9 Å². The normalized spacial score (nSPS) is 14.4. The van der Waals surface area contributed by atoms with Crippen LogP contribution in [0.2, 0.25) is 0 Å². The third-order valence-electron chi connectivity index (χ3n) is 3.72. The molecule has 0 bridgehead atoms. The molecule has 0 radical (unpaired) electrons. The molecule has 1 aliphatic heterocycles. The molecule has 1 aromatic heterocycles. The number of aromatic nitrogens is 1. The second kappa shape index (κ2) is 6.89. The van der Waals surface area contributed by atoms with Crippen LogP contribution in [0, 0.1) is 11.3 Å². The monoisotopic (exact) mass is 301 g/mol. The summed E-state index contributed by atoms with van der Waals surface area (Å²) in [4.78, 5) is 33.0. The zero-order chi connectivity index (χ0) is 16.1. The first-order chi connectivity index (χ1) is 10.5. The van der Waals surface area contributed by atoms with Gasteiger partial charge in [-0.15, -0.1) is 0 Å². The predicted octanol–water partition coefficient (Wildman–Crippen LogP) is 0.0802. The van der Waals surface area contributed by atoms with Gasteiger partial charge in [-0.05, 0) is 12.1 Å². The van der Waals surface area contributed by atoms with E-state index in [1.54, 1.807) is 40.8 Å². The Kier molecular flexibility index (Phi) is 4.94. The standard InChI is InChI=1S/C15H19N5O2/c1-12(21)19-5-7-20(8-6-19)15(22)11-18(2)14-4-3-13(9-16)10-17-14/h3-4,10H,5-8,11H2,1-2H3. The molecule has 22 heavy (non-hydrogen) atoms. The molecule has 0 aromatic carbocycles. The third-order valence-corrected chi connectivity index (χ3v) is 3.72. The molecule has 0 saturated carbocycles. The second-order valence-corrected chi connectivity index (χ2v) is 5.26. The summed E-state index contributed by atoms with van der Waals surface area (Å²) >= 11 is 0. The number of rotatable bonds is 3. The van der Waals surface area contributed by atoms with Crippen molar-refractivity contribution in [1.82, 2.24) is 14.8 Å². The van der Waals surface area contributed by atoms with Gasteiger partial charge < -0.3 is 14.7 Å². The number of piperazine rings is 1. The Bertz CT molecular complexity index is 585. The van der Waals surface area contributed by atoms with E-state index in [-0.39, 0.29) is 18.4 Å². The maximum Gasteiger partial charge on any atom is 0.242 e. The first-order valence-electron chi connectivity index (χ1n) is 7.12. The summed E-state index contributed by atoms with van der Waals surface area (Å²) in [5, 5.41) is 8.75. The average Bonchev–Trinajstić information content (AvgIpc) is 2.54. The molecule has 1 fully saturated rings. The van der Waals surface area contributed by atoms with E-state index in [0.717, 1.165) is 0 Å². The maximum atomic E-state index is 12.3. The highest BCUT2D eigenvalue weighted by Crippen LogP contribution is 2.10. The van der Waals surface area contributed by atoms with Gasteiger partial charge >= 0.3 is 0 Å². The molecule has 0 N–H and O–H groups in total. The quantitative estimate of drug-likeness (QED) is 0.790. The number of carbonyl (C=O) groups excluding carboxylic acids is 2. The predicted molar refractivity (Wildman–Crippen MR) is 81.1 cm³/mol. The van der Waals surface area contributed by atoms with Gasteiger partial charge in [0.1, 0.15) is 11.9 Å². The van der Waals surface area contributed by atoms with Crippen LogP contribution < -0.4 is 4.90 Å². The van der Waals surface area contributed by atoms with Crippen LogP contribution in [-0.2, 0) is 9.59 Å². The molecule has 2 rings (SSSR count). The van der Waals surface area contributed by atoms with Gasteiger partial charge in [-0.3, -0.25) is 9.59 Å². The Morgan fingerprint density at radius 3 is 2.41 bits per heavy atom. The lowest BCUT2D eigenvalue weighted by Crippen LogP contribution is -2.52. The Hall–Kier alpha value is -2.62. The van der Waals surface area contributed by atoms with Crippen LogP contribution in [0.4, 0.5) is 5.82 Å². The second-order valence-electron chi connectivity index (χ2n) is 5.26. The van der Waals surface area contributed by atoms with E-state index in [2.05, 4.69) is 4.98 Å². The molecule has 7 heteroatoms. The zero-order valence-corrected chi connectivity index (χ0v) is 12.8. The smallest absolute Gasteiger partial charge is 0.242 e. The number of nitriles is 1. The van der Waals surface area contributed by atoms with Gasteiger partial charge in [0.15, 0.2) is 0 Å². The van der Waals surface area contributed by atoms with Gasteiger partial charge in [0.2, 0.25) is 11.8 Å². The van der Waals surface area contributed by atoms with E-state index in [0.29, 0.717) is 37.6 Å². The van der Waals surface area contributed by atoms with Crippen LogP contribution in [-0.4, -0.2) is 66.4 Å². The molecule has 116 valence electrons. The Balaban J connectivity index is 1.89.